The van der Waals surface area contributed by atoms with Gasteiger partial charge in [-0.05, 0) is 37.2 Å². The van der Waals surface area contributed by atoms with Crippen molar-refractivity contribution in [2.24, 2.45) is 0 Å². The molecule has 3 nitrogen and oxygen atoms in total. The topological polar surface area (TPSA) is 27.3 Å². The minimum Gasteiger partial charge on any atom is -0.362 e. The summed E-state index contributed by atoms with van der Waals surface area (Å²) in [6.45, 7) is 9.99. The largest absolute Gasteiger partial charge is 0.362 e. The maximum atomic E-state index is 5.56. The maximum absolute atomic E-state index is 5.56. The first-order valence-corrected chi connectivity index (χ1v) is 7.48. The molecule has 0 unspecified atom stereocenters. The average molecular weight is 287 g/mol. The zero-order valence-corrected chi connectivity index (χ0v) is 12.9. The molecule has 1 aromatic rings. The van der Waals surface area contributed by atoms with E-state index in [-0.39, 0.29) is 11.1 Å². The Morgan fingerprint density at radius 3 is 3.00 bits per heavy atom. The van der Waals surface area contributed by atoms with Gasteiger partial charge < -0.3 is 15.5 Å². The Morgan fingerprint density at radius 2 is 2.25 bits per heavy atom. The smallest absolute Gasteiger partial charge is 0.171 e. The number of para-hydroxylation sites is 1. The molecule has 0 amide bonds. The fourth-order valence-corrected chi connectivity index (χ4v) is 3.95. The molecule has 106 valence electrons. The average Bonchev–Trinajstić information content (AvgIpc) is 2.81. The fraction of sp³-hybridized carbons (Fsp3) is 0.438. The van der Waals surface area contributed by atoms with Gasteiger partial charge in [-0.2, -0.15) is 0 Å². The molecule has 0 aliphatic carbocycles. The molecule has 2 aliphatic rings. The first-order valence-electron chi connectivity index (χ1n) is 7.07. The summed E-state index contributed by atoms with van der Waals surface area (Å²) in [6, 6.07) is 8.59. The Balaban J connectivity index is 1.95. The number of hydrogen-bond acceptors (Lipinski definition) is 2. The van der Waals surface area contributed by atoms with Crippen molar-refractivity contribution in [2.45, 2.75) is 31.3 Å². The van der Waals surface area contributed by atoms with Crippen LogP contribution in [0.3, 0.4) is 0 Å². The highest BCUT2D eigenvalue weighted by molar-refractivity contribution is 7.80. The highest BCUT2D eigenvalue weighted by Crippen LogP contribution is 2.54. The minimum atomic E-state index is -0.165. The van der Waals surface area contributed by atoms with Crippen LogP contribution in [0, 0.1) is 0 Å². The van der Waals surface area contributed by atoms with Crippen LogP contribution in [0.25, 0.3) is 0 Å². The Kier molecular flexibility index (Phi) is 3.01. The monoisotopic (exact) mass is 287 g/mol. The van der Waals surface area contributed by atoms with Crippen molar-refractivity contribution in [3.05, 3.63) is 42.5 Å². The van der Waals surface area contributed by atoms with E-state index in [4.69, 9.17) is 12.2 Å². The van der Waals surface area contributed by atoms with E-state index in [1.807, 2.05) is 6.08 Å². The third-order valence-electron chi connectivity index (χ3n) is 4.99. The molecule has 1 aromatic carbocycles. The van der Waals surface area contributed by atoms with Crippen LogP contribution >= 0.6 is 12.2 Å². The van der Waals surface area contributed by atoms with Crippen LogP contribution in [0.2, 0.25) is 0 Å². The number of rotatable bonds is 2. The van der Waals surface area contributed by atoms with E-state index in [2.05, 4.69) is 60.2 Å². The van der Waals surface area contributed by atoms with Crippen molar-refractivity contribution in [3.8, 4) is 0 Å². The van der Waals surface area contributed by atoms with Crippen LogP contribution in [0.15, 0.2) is 36.9 Å². The van der Waals surface area contributed by atoms with E-state index in [0.29, 0.717) is 6.54 Å². The predicted octanol–water partition coefficient (Wildman–Crippen LogP) is 2.85. The summed E-state index contributed by atoms with van der Waals surface area (Å²) in [7, 11) is 0. The molecule has 3 rings (SSSR count). The molecule has 0 saturated carbocycles. The van der Waals surface area contributed by atoms with Gasteiger partial charge in [0.1, 0.15) is 5.66 Å². The molecule has 2 N–H and O–H groups in total. The van der Waals surface area contributed by atoms with E-state index < -0.39 is 0 Å². The van der Waals surface area contributed by atoms with Crippen LogP contribution in [0.1, 0.15) is 25.8 Å². The highest BCUT2D eigenvalue weighted by Gasteiger charge is 2.59. The summed E-state index contributed by atoms with van der Waals surface area (Å²) in [5, 5.41) is 7.75. The van der Waals surface area contributed by atoms with Gasteiger partial charge in [-0.15, -0.1) is 6.58 Å². The van der Waals surface area contributed by atoms with E-state index in [9.17, 15) is 0 Å². The van der Waals surface area contributed by atoms with Crippen molar-refractivity contribution in [2.75, 3.05) is 18.4 Å². The van der Waals surface area contributed by atoms with Crippen molar-refractivity contribution in [3.63, 3.8) is 0 Å². The molecule has 4 heteroatoms. The lowest BCUT2D eigenvalue weighted by molar-refractivity contribution is 0.224. The van der Waals surface area contributed by atoms with Crippen LogP contribution in [0.5, 0.6) is 0 Å². The van der Waals surface area contributed by atoms with Crippen LogP contribution in [-0.2, 0) is 5.41 Å². The number of thiocarbonyl (C=S) groups is 1. The van der Waals surface area contributed by atoms with Crippen molar-refractivity contribution in [1.82, 2.24) is 10.2 Å². The molecule has 2 atom stereocenters. The maximum Gasteiger partial charge on any atom is 0.171 e. The summed E-state index contributed by atoms with van der Waals surface area (Å²) in [4.78, 5) is 2.28. The predicted molar refractivity (Wildman–Crippen MR) is 87.9 cm³/mol. The van der Waals surface area contributed by atoms with Gasteiger partial charge in [0, 0.05) is 24.2 Å². The third-order valence-corrected chi connectivity index (χ3v) is 5.36. The molecule has 20 heavy (non-hydrogen) atoms. The van der Waals surface area contributed by atoms with Gasteiger partial charge in [0.15, 0.2) is 5.11 Å². The lowest BCUT2D eigenvalue weighted by atomic mass is 9.75. The van der Waals surface area contributed by atoms with Gasteiger partial charge in [-0.1, -0.05) is 31.2 Å². The van der Waals surface area contributed by atoms with Crippen molar-refractivity contribution in [1.29, 1.82) is 0 Å². The van der Waals surface area contributed by atoms with E-state index in [0.717, 1.165) is 18.1 Å². The summed E-state index contributed by atoms with van der Waals surface area (Å²) in [5.41, 5.74) is 2.55. The molecule has 0 aromatic heterocycles. The second-order valence-corrected chi connectivity index (χ2v) is 6.34. The van der Waals surface area contributed by atoms with Gasteiger partial charge in [0.05, 0.1) is 0 Å². The second-order valence-electron chi connectivity index (χ2n) is 5.95. The summed E-state index contributed by atoms with van der Waals surface area (Å²) >= 11 is 5.56. The van der Waals surface area contributed by atoms with Gasteiger partial charge in [-0.3, -0.25) is 0 Å². The number of nitrogens with one attached hydrogen (secondary N) is 2. The molecule has 2 aliphatic heterocycles. The molecule has 0 radical (unpaired) electrons. The van der Waals surface area contributed by atoms with Gasteiger partial charge in [-0.25, -0.2) is 0 Å². The fourth-order valence-electron chi connectivity index (χ4n) is 3.60. The minimum absolute atomic E-state index is 0.0868. The van der Waals surface area contributed by atoms with Gasteiger partial charge in [0.2, 0.25) is 0 Å². The number of likely N-dealkylation sites (tertiary alicyclic amines) is 1. The van der Waals surface area contributed by atoms with E-state index in [1.54, 1.807) is 0 Å². The van der Waals surface area contributed by atoms with Crippen LogP contribution in [0.4, 0.5) is 5.69 Å². The number of hydrogen-bond donors (Lipinski definition) is 2. The first kappa shape index (κ1) is 13.4. The Morgan fingerprint density at radius 1 is 1.50 bits per heavy atom. The lowest BCUT2D eigenvalue weighted by Crippen LogP contribution is -2.58. The first-order chi connectivity index (χ1) is 9.53. The van der Waals surface area contributed by atoms with Crippen molar-refractivity contribution >= 4 is 23.0 Å². The molecular formula is C16H21N3S. The third kappa shape index (κ3) is 1.61. The molecule has 1 fully saturated rings. The summed E-state index contributed by atoms with van der Waals surface area (Å²) in [6.07, 6.45) is 2.93. The SMILES string of the molecule is C=CCNC(=S)N1CC[C@@]2(C)c3ccccc3N[C@]12C. The number of benzene rings is 1. The van der Waals surface area contributed by atoms with E-state index >= 15 is 0 Å². The summed E-state index contributed by atoms with van der Waals surface area (Å²) < 4.78 is 0. The molecule has 1 saturated heterocycles. The quantitative estimate of drug-likeness (QED) is 0.646. The van der Waals surface area contributed by atoms with Crippen molar-refractivity contribution < 1.29 is 0 Å². The van der Waals surface area contributed by atoms with Gasteiger partial charge >= 0.3 is 0 Å². The molecular weight excluding hydrogens is 266 g/mol. The molecule has 2 heterocycles. The zero-order chi connectivity index (χ0) is 14.4. The van der Waals surface area contributed by atoms with Crippen LogP contribution in [-0.4, -0.2) is 28.8 Å². The van der Waals surface area contributed by atoms with Gasteiger partial charge in [0.25, 0.3) is 0 Å². The summed E-state index contributed by atoms with van der Waals surface area (Å²) in [5.74, 6) is 0. The lowest BCUT2D eigenvalue weighted by Gasteiger charge is -2.42. The number of anilines is 1. The molecule has 0 bridgehead atoms. The molecule has 0 spiro atoms. The van der Waals surface area contributed by atoms with Crippen LogP contribution < -0.4 is 10.6 Å². The number of fused-ring (bicyclic) bond motifs is 3. The Hall–Kier alpha value is -1.55. The standard InChI is InChI=1S/C16H21N3S/c1-4-10-17-14(20)19-11-9-15(2)12-7-5-6-8-13(12)18-16(15,19)3/h4-8,18H,1,9-11H2,2-3H3,(H,17,20)/t15-,16+/m0/s1. The Labute approximate surface area is 126 Å². The zero-order valence-electron chi connectivity index (χ0n) is 12.1. The highest BCUT2D eigenvalue weighted by atomic mass is 32.1. The second kappa shape index (κ2) is 4.48. The number of nitrogens with zero attached hydrogens (tertiary/aromatic N) is 1. The Bertz CT molecular complexity index is 571. The van der Waals surface area contributed by atoms with E-state index in [1.165, 1.54) is 11.3 Å². The normalized spacial score (nSPS) is 30.4.